The number of hydrogen-bond acceptors (Lipinski definition) is 2. The molecule has 0 spiro atoms. The second-order valence-corrected chi connectivity index (χ2v) is 5.12. The van der Waals surface area contributed by atoms with Crippen LogP contribution in [-0.2, 0) is 9.59 Å². The van der Waals surface area contributed by atoms with Crippen LogP contribution in [0.15, 0.2) is 0 Å². The molecule has 3 atom stereocenters. The Bertz CT molecular complexity index is 299. The summed E-state index contributed by atoms with van der Waals surface area (Å²) in [6.45, 7) is 1.94. The SMILES string of the molecule is CC(C(=O)NC1CCCC1C(=O)O)C1CC1. The Morgan fingerprint density at radius 3 is 2.50 bits per heavy atom. The van der Waals surface area contributed by atoms with E-state index in [1.54, 1.807) is 0 Å². The molecule has 3 unspecified atom stereocenters. The molecule has 2 rings (SSSR count). The highest BCUT2D eigenvalue weighted by Gasteiger charge is 2.37. The molecule has 2 saturated carbocycles. The standard InChI is InChI=1S/C12H19NO3/c1-7(8-5-6-8)11(14)13-10-4-2-3-9(10)12(15)16/h7-10H,2-6H2,1H3,(H,13,14)(H,15,16). The Labute approximate surface area is 95.4 Å². The number of carboxylic acid groups (broad SMARTS) is 1. The lowest BCUT2D eigenvalue weighted by Crippen LogP contribution is -2.42. The van der Waals surface area contributed by atoms with Gasteiger partial charge in [0.15, 0.2) is 0 Å². The maximum absolute atomic E-state index is 11.8. The van der Waals surface area contributed by atoms with Crippen molar-refractivity contribution in [3.8, 4) is 0 Å². The number of aliphatic carboxylic acids is 1. The quantitative estimate of drug-likeness (QED) is 0.760. The van der Waals surface area contributed by atoms with Gasteiger partial charge in [0.2, 0.25) is 5.91 Å². The molecule has 0 bridgehead atoms. The van der Waals surface area contributed by atoms with Gasteiger partial charge in [-0.3, -0.25) is 9.59 Å². The van der Waals surface area contributed by atoms with Crippen LogP contribution in [0.5, 0.6) is 0 Å². The smallest absolute Gasteiger partial charge is 0.308 e. The Morgan fingerprint density at radius 2 is 1.94 bits per heavy atom. The number of carbonyl (C=O) groups excluding carboxylic acids is 1. The molecule has 2 fully saturated rings. The van der Waals surface area contributed by atoms with Gasteiger partial charge in [-0.2, -0.15) is 0 Å². The Morgan fingerprint density at radius 1 is 1.25 bits per heavy atom. The number of hydrogen-bond donors (Lipinski definition) is 2. The predicted octanol–water partition coefficient (Wildman–Crippen LogP) is 1.40. The van der Waals surface area contributed by atoms with Gasteiger partial charge >= 0.3 is 5.97 Å². The van der Waals surface area contributed by atoms with Gasteiger partial charge < -0.3 is 10.4 Å². The maximum Gasteiger partial charge on any atom is 0.308 e. The van der Waals surface area contributed by atoms with Gasteiger partial charge in [-0.05, 0) is 31.6 Å². The summed E-state index contributed by atoms with van der Waals surface area (Å²) in [6.07, 6.45) is 4.68. The monoisotopic (exact) mass is 225 g/mol. The van der Waals surface area contributed by atoms with Crippen LogP contribution in [0.3, 0.4) is 0 Å². The summed E-state index contributed by atoms with van der Waals surface area (Å²) in [5.41, 5.74) is 0. The highest BCUT2D eigenvalue weighted by atomic mass is 16.4. The fraction of sp³-hybridized carbons (Fsp3) is 0.833. The highest BCUT2D eigenvalue weighted by Crippen LogP contribution is 2.37. The van der Waals surface area contributed by atoms with E-state index >= 15 is 0 Å². The average molecular weight is 225 g/mol. The largest absolute Gasteiger partial charge is 0.481 e. The fourth-order valence-corrected chi connectivity index (χ4v) is 2.55. The second kappa shape index (κ2) is 4.44. The van der Waals surface area contributed by atoms with Crippen LogP contribution in [0.25, 0.3) is 0 Å². The second-order valence-electron chi connectivity index (χ2n) is 5.12. The Hall–Kier alpha value is -1.06. The van der Waals surface area contributed by atoms with Crippen molar-refractivity contribution in [2.75, 3.05) is 0 Å². The first-order chi connectivity index (χ1) is 7.59. The van der Waals surface area contributed by atoms with E-state index < -0.39 is 5.97 Å². The zero-order chi connectivity index (χ0) is 11.7. The topological polar surface area (TPSA) is 66.4 Å². The molecular formula is C12H19NO3. The number of rotatable bonds is 4. The maximum atomic E-state index is 11.8. The number of carboxylic acids is 1. The van der Waals surface area contributed by atoms with Crippen molar-refractivity contribution < 1.29 is 14.7 Å². The lowest BCUT2D eigenvalue weighted by atomic mass is 10.0. The Kier molecular flexibility index (Phi) is 3.17. The van der Waals surface area contributed by atoms with Crippen molar-refractivity contribution in [1.29, 1.82) is 0 Å². The van der Waals surface area contributed by atoms with Crippen LogP contribution < -0.4 is 5.32 Å². The van der Waals surface area contributed by atoms with Crippen LogP contribution in [0.1, 0.15) is 39.0 Å². The molecule has 4 nitrogen and oxygen atoms in total. The molecule has 0 heterocycles. The van der Waals surface area contributed by atoms with Gasteiger partial charge in [-0.25, -0.2) is 0 Å². The van der Waals surface area contributed by atoms with Crippen LogP contribution in [0.2, 0.25) is 0 Å². The van der Waals surface area contributed by atoms with Gasteiger partial charge in [-0.15, -0.1) is 0 Å². The van der Waals surface area contributed by atoms with Crippen molar-refractivity contribution in [3.63, 3.8) is 0 Å². The molecule has 2 N–H and O–H groups in total. The van der Waals surface area contributed by atoms with Crippen LogP contribution in [0, 0.1) is 17.8 Å². The van der Waals surface area contributed by atoms with E-state index in [1.807, 2.05) is 6.92 Å². The molecule has 0 aromatic carbocycles. The molecule has 2 aliphatic rings. The number of nitrogens with one attached hydrogen (secondary N) is 1. The van der Waals surface area contributed by atoms with Gasteiger partial charge in [0, 0.05) is 12.0 Å². The van der Waals surface area contributed by atoms with Crippen molar-refractivity contribution in [2.24, 2.45) is 17.8 Å². The molecule has 1 amide bonds. The first-order valence-electron chi connectivity index (χ1n) is 6.12. The minimum atomic E-state index is -0.776. The minimum Gasteiger partial charge on any atom is -0.481 e. The van der Waals surface area contributed by atoms with Crippen molar-refractivity contribution >= 4 is 11.9 Å². The van der Waals surface area contributed by atoms with E-state index in [4.69, 9.17) is 5.11 Å². The van der Waals surface area contributed by atoms with Gasteiger partial charge in [0.05, 0.1) is 5.92 Å². The van der Waals surface area contributed by atoms with Crippen LogP contribution in [0.4, 0.5) is 0 Å². The first kappa shape index (κ1) is 11.4. The summed E-state index contributed by atoms with van der Waals surface area (Å²) in [4.78, 5) is 22.8. The fourth-order valence-electron chi connectivity index (χ4n) is 2.55. The van der Waals surface area contributed by atoms with E-state index in [2.05, 4.69) is 5.32 Å². The third-order valence-electron chi connectivity index (χ3n) is 3.90. The number of amides is 1. The summed E-state index contributed by atoms with van der Waals surface area (Å²) < 4.78 is 0. The van der Waals surface area contributed by atoms with Gasteiger partial charge in [0.1, 0.15) is 0 Å². The average Bonchev–Trinajstić information content (AvgIpc) is 2.97. The molecule has 4 heteroatoms. The predicted molar refractivity (Wildman–Crippen MR) is 58.8 cm³/mol. The lowest BCUT2D eigenvalue weighted by molar-refractivity contribution is -0.142. The van der Waals surface area contributed by atoms with Crippen LogP contribution in [-0.4, -0.2) is 23.0 Å². The van der Waals surface area contributed by atoms with Gasteiger partial charge in [0.25, 0.3) is 0 Å². The third-order valence-corrected chi connectivity index (χ3v) is 3.90. The highest BCUT2D eigenvalue weighted by molar-refractivity contribution is 5.80. The summed E-state index contributed by atoms with van der Waals surface area (Å²) in [6, 6.07) is -0.147. The lowest BCUT2D eigenvalue weighted by Gasteiger charge is -2.20. The Balaban J connectivity index is 1.88. The molecule has 90 valence electrons. The molecule has 0 aliphatic heterocycles. The normalized spacial score (nSPS) is 31.1. The molecule has 0 aromatic rings. The van der Waals surface area contributed by atoms with E-state index in [1.165, 1.54) is 0 Å². The van der Waals surface area contributed by atoms with Crippen LogP contribution >= 0.6 is 0 Å². The van der Waals surface area contributed by atoms with Crippen molar-refractivity contribution in [3.05, 3.63) is 0 Å². The zero-order valence-corrected chi connectivity index (χ0v) is 9.61. The zero-order valence-electron chi connectivity index (χ0n) is 9.61. The molecule has 0 saturated heterocycles. The van der Waals surface area contributed by atoms with E-state index in [0.717, 1.165) is 25.7 Å². The van der Waals surface area contributed by atoms with E-state index in [0.29, 0.717) is 12.3 Å². The number of carbonyl (C=O) groups is 2. The molecule has 0 aromatic heterocycles. The van der Waals surface area contributed by atoms with E-state index in [-0.39, 0.29) is 23.8 Å². The molecule has 16 heavy (non-hydrogen) atoms. The van der Waals surface area contributed by atoms with Crippen molar-refractivity contribution in [2.45, 2.75) is 45.1 Å². The molecule has 2 aliphatic carbocycles. The van der Waals surface area contributed by atoms with E-state index in [9.17, 15) is 9.59 Å². The summed E-state index contributed by atoms with van der Waals surface area (Å²) in [7, 11) is 0. The summed E-state index contributed by atoms with van der Waals surface area (Å²) in [5.74, 6) is -0.530. The third kappa shape index (κ3) is 2.36. The first-order valence-corrected chi connectivity index (χ1v) is 6.12. The van der Waals surface area contributed by atoms with Crippen molar-refractivity contribution in [1.82, 2.24) is 5.32 Å². The molecule has 0 radical (unpaired) electrons. The van der Waals surface area contributed by atoms with Gasteiger partial charge in [-0.1, -0.05) is 13.3 Å². The summed E-state index contributed by atoms with van der Waals surface area (Å²) >= 11 is 0. The minimum absolute atomic E-state index is 0.0423. The molecular weight excluding hydrogens is 206 g/mol. The summed E-state index contributed by atoms with van der Waals surface area (Å²) in [5, 5.41) is 11.9.